The molecule has 13 heavy (non-hydrogen) atoms. The molecule has 0 spiro atoms. The summed E-state index contributed by atoms with van der Waals surface area (Å²) >= 11 is 4.91. The molecule has 0 aliphatic rings. The van der Waals surface area contributed by atoms with E-state index < -0.39 is 0 Å². The van der Waals surface area contributed by atoms with Crippen LogP contribution in [-0.4, -0.2) is 14.0 Å². The molecule has 2 rings (SSSR count). The monoisotopic (exact) mass is 193 g/mol. The average Bonchev–Trinajstić information content (AvgIpc) is 2.15. The van der Waals surface area contributed by atoms with E-state index in [2.05, 4.69) is 4.98 Å². The Labute approximate surface area is 79.1 Å². The van der Waals surface area contributed by atoms with Gasteiger partial charge >= 0.3 is 5.69 Å². The number of rotatable bonds is 0. The van der Waals surface area contributed by atoms with Gasteiger partial charge in [-0.2, -0.15) is 0 Å². The van der Waals surface area contributed by atoms with Gasteiger partial charge in [0.15, 0.2) is 0 Å². The lowest BCUT2D eigenvalue weighted by Gasteiger charge is -2.01. The minimum Gasteiger partial charge on any atom is -0.271 e. The normalized spacial score (nSPS) is 10.5. The minimum atomic E-state index is -0.171. The fourth-order valence-corrected chi connectivity index (χ4v) is 1.27. The molecule has 0 aliphatic carbocycles. The van der Waals surface area contributed by atoms with Crippen LogP contribution in [0, 0.1) is 4.77 Å². The predicted octanol–water partition coefficient (Wildman–Crippen LogP) is 0.762. The summed E-state index contributed by atoms with van der Waals surface area (Å²) in [7, 11) is 1.61. The SMILES string of the molecule is Cn1c(=S)nc2ccccn2c1=O. The van der Waals surface area contributed by atoms with Gasteiger partial charge in [0.2, 0.25) is 4.77 Å². The van der Waals surface area contributed by atoms with Gasteiger partial charge in [-0.15, -0.1) is 0 Å². The number of fused-ring (bicyclic) bond motifs is 1. The van der Waals surface area contributed by atoms with Gasteiger partial charge in [-0.3, -0.25) is 8.97 Å². The number of hydrogen-bond donors (Lipinski definition) is 0. The van der Waals surface area contributed by atoms with Crippen LogP contribution in [-0.2, 0) is 7.05 Å². The van der Waals surface area contributed by atoms with E-state index in [1.165, 1.54) is 8.97 Å². The molecule has 66 valence electrons. The molecule has 0 amide bonds. The first-order chi connectivity index (χ1) is 6.20. The Kier molecular flexibility index (Phi) is 1.73. The van der Waals surface area contributed by atoms with E-state index >= 15 is 0 Å². The van der Waals surface area contributed by atoms with Crippen molar-refractivity contribution in [3.8, 4) is 0 Å². The Morgan fingerprint density at radius 3 is 3.00 bits per heavy atom. The van der Waals surface area contributed by atoms with Crippen molar-refractivity contribution in [3.63, 3.8) is 0 Å². The maximum atomic E-state index is 11.6. The number of aromatic nitrogens is 3. The van der Waals surface area contributed by atoms with Crippen molar-refractivity contribution in [2.24, 2.45) is 7.05 Å². The fourth-order valence-electron chi connectivity index (χ4n) is 1.10. The quantitative estimate of drug-likeness (QED) is 0.580. The van der Waals surface area contributed by atoms with Gasteiger partial charge < -0.3 is 0 Å². The summed E-state index contributed by atoms with van der Waals surface area (Å²) < 4.78 is 3.09. The molecule has 4 nitrogen and oxygen atoms in total. The summed E-state index contributed by atoms with van der Waals surface area (Å²) in [6, 6.07) is 5.34. The highest BCUT2D eigenvalue weighted by Gasteiger charge is 1.98. The Balaban J connectivity index is 3.12. The van der Waals surface area contributed by atoms with Gasteiger partial charge in [0, 0.05) is 13.2 Å². The molecule has 0 fully saturated rings. The van der Waals surface area contributed by atoms with Crippen molar-refractivity contribution < 1.29 is 0 Å². The topological polar surface area (TPSA) is 39.3 Å². The molecular formula is C8H7N3OS. The summed E-state index contributed by atoms with van der Waals surface area (Å²) in [4.78, 5) is 15.6. The maximum absolute atomic E-state index is 11.6. The summed E-state index contributed by atoms with van der Waals surface area (Å²) in [5.41, 5.74) is 0.409. The first-order valence-corrected chi connectivity index (χ1v) is 4.15. The molecule has 2 aromatic rings. The van der Waals surface area contributed by atoms with Gasteiger partial charge in [0.1, 0.15) is 5.65 Å². The Hall–Kier alpha value is -1.49. The molecule has 0 aliphatic heterocycles. The van der Waals surface area contributed by atoms with E-state index in [-0.39, 0.29) is 5.69 Å². The number of nitrogens with zero attached hydrogens (tertiary/aromatic N) is 3. The van der Waals surface area contributed by atoms with Crippen molar-refractivity contribution in [3.05, 3.63) is 39.7 Å². The van der Waals surface area contributed by atoms with Gasteiger partial charge in [0.05, 0.1) is 0 Å². The van der Waals surface area contributed by atoms with Crippen LogP contribution in [0.25, 0.3) is 5.65 Å². The van der Waals surface area contributed by atoms with Gasteiger partial charge in [-0.1, -0.05) is 6.07 Å². The average molecular weight is 193 g/mol. The van der Waals surface area contributed by atoms with Crippen molar-refractivity contribution in [1.29, 1.82) is 0 Å². The van der Waals surface area contributed by atoms with Crippen LogP contribution in [0.2, 0.25) is 0 Å². The molecule has 0 bridgehead atoms. The summed E-state index contributed by atoms with van der Waals surface area (Å²) in [5.74, 6) is 0. The van der Waals surface area contributed by atoms with Crippen molar-refractivity contribution in [2.75, 3.05) is 0 Å². The van der Waals surface area contributed by atoms with E-state index in [4.69, 9.17) is 12.2 Å². The predicted molar refractivity (Wildman–Crippen MR) is 51.3 cm³/mol. The van der Waals surface area contributed by atoms with Crippen LogP contribution in [0.15, 0.2) is 29.2 Å². The summed E-state index contributed by atoms with van der Waals surface area (Å²) in [6.07, 6.45) is 1.67. The zero-order valence-electron chi connectivity index (χ0n) is 6.97. The Morgan fingerprint density at radius 2 is 2.23 bits per heavy atom. The molecular weight excluding hydrogens is 186 g/mol. The second-order valence-corrected chi connectivity index (χ2v) is 3.03. The van der Waals surface area contributed by atoms with Crippen molar-refractivity contribution >= 4 is 17.9 Å². The molecule has 2 heterocycles. The fraction of sp³-hybridized carbons (Fsp3) is 0.125. The zero-order valence-corrected chi connectivity index (χ0v) is 7.78. The van der Waals surface area contributed by atoms with Gasteiger partial charge in [0.25, 0.3) is 0 Å². The third kappa shape index (κ3) is 1.17. The van der Waals surface area contributed by atoms with Crippen LogP contribution in [0.5, 0.6) is 0 Å². The smallest absolute Gasteiger partial charge is 0.271 e. The molecule has 5 heteroatoms. The van der Waals surface area contributed by atoms with Crippen LogP contribution in [0.1, 0.15) is 0 Å². The number of hydrogen-bond acceptors (Lipinski definition) is 3. The van der Waals surface area contributed by atoms with Crippen LogP contribution >= 0.6 is 12.2 Å². The lowest BCUT2D eigenvalue weighted by molar-refractivity contribution is 0.740. The molecule has 0 N–H and O–H groups in total. The molecule has 0 aromatic carbocycles. The van der Waals surface area contributed by atoms with E-state index in [0.717, 1.165) is 0 Å². The molecule has 2 aromatic heterocycles. The van der Waals surface area contributed by atoms with E-state index in [0.29, 0.717) is 10.4 Å². The van der Waals surface area contributed by atoms with E-state index in [1.807, 2.05) is 6.07 Å². The Morgan fingerprint density at radius 1 is 1.46 bits per heavy atom. The molecule has 0 saturated heterocycles. The molecule has 0 radical (unpaired) electrons. The van der Waals surface area contributed by atoms with Crippen molar-refractivity contribution in [1.82, 2.24) is 14.0 Å². The third-order valence-corrected chi connectivity index (χ3v) is 2.19. The summed E-state index contributed by atoms with van der Waals surface area (Å²) in [5, 5.41) is 0. The van der Waals surface area contributed by atoms with Gasteiger partial charge in [-0.05, 0) is 24.4 Å². The second-order valence-electron chi connectivity index (χ2n) is 2.66. The standard InChI is InChI=1S/C8H7N3OS/c1-10-7(13)9-6-4-2-3-5-11(6)8(10)12/h2-5H,1H3. The first kappa shape index (κ1) is 8.12. The zero-order chi connectivity index (χ0) is 9.42. The highest BCUT2D eigenvalue weighted by Crippen LogP contribution is 1.94. The lowest BCUT2D eigenvalue weighted by atomic mass is 10.5. The largest absolute Gasteiger partial charge is 0.335 e. The van der Waals surface area contributed by atoms with Crippen LogP contribution in [0.3, 0.4) is 0 Å². The highest BCUT2D eigenvalue weighted by atomic mass is 32.1. The lowest BCUT2D eigenvalue weighted by Crippen LogP contribution is -2.26. The van der Waals surface area contributed by atoms with Crippen LogP contribution in [0.4, 0.5) is 0 Å². The first-order valence-electron chi connectivity index (χ1n) is 3.74. The number of pyridine rings is 1. The maximum Gasteiger partial charge on any atom is 0.335 e. The second kappa shape index (κ2) is 2.77. The molecule has 0 saturated carbocycles. The molecule has 0 atom stereocenters. The highest BCUT2D eigenvalue weighted by molar-refractivity contribution is 7.71. The van der Waals surface area contributed by atoms with Gasteiger partial charge in [-0.25, -0.2) is 9.78 Å². The van der Waals surface area contributed by atoms with Crippen molar-refractivity contribution in [2.45, 2.75) is 0 Å². The molecule has 0 unspecified atom stereocenters. The minimum absolute atomic E-state index is 0.171. The van der Waals surface area contributed by atoms with Crippen LogP contribution < -0.4 is 5.69 Å². The van der Waals surface area contributed by atoms with E-state index in [9.17, 15) is 4.79 Å². The Bertz CT molecular complexity index is 569. The summed E-state index contributed by atoms with van der Waals surface area (Å²) in [6.45, 7) is 0. The third-order valence-electron chi connectivity index (χ3n) is 1.83. The van der Waals surface area contributed by atoms with E-state index in [1.54, 1.807) is 25.4 Å².